The number of nitrogens with one attached hydrogen (secondary N) is 2. The molecule has 2 aromatic carbocycles. The minimum absolute atomic E-state index is 0.238. The van der Waals surface area contributed by atoms with E-state index in [1.807, 2.05) is 62.4 Å². The van der Waals surface area contributed by atoms with Crippen LogP contribution >= 0.6 is 15.9 Å². The minimum Gasteiger partial charge on any atom is -0.338 e. The molecule has 0 saturated carbocycles. The molecule has 3 aromatic rings. The number of anilines is 1. The number of halogens is 1. The molecule has 2 N–H and O–H groups in total. The third kappa shape index (κ3) is 4.49. The largest absolute Gasteiger partial charge is 0.338 e. The molecule has 2 amide bonds. The molecular formula is C19H19BrN4O2. The van der Waals surface area contributed by atoms with Crippen LogP contribution in [0.25, 0.3) is 22.8 Å². The van der Waals surface area contributed by atoms with Crippen molar-refractivity contribution in [1.82, 2.24) is 15.5 Å². The first-order valence-electron chi connectivity index (χ1n) is 8.27. The summed E-state index contributed by atoms with van der Waals surface area (Å²) in [4.78, 5) is 16.4. The van der Waals surface area contributed by atoms with Gasteiger partial charge in [-0.2, -0.15) is 4.98 Å². The number of carbonyl (C=O) groups is 1. The van der Waals surface area contributed by atoms with Crippen molar-refractivity contribution in [2.24, 2.45) is 5.92 Å². The lowest BCUT2D eigenvalue weighted by Crippen LogP contribution is -2.31. The Labute approximate surface area is 160 Å². The standard InChI is InChI=1S/C19H19BrN4O2/c1-12(2)11-21-19(25)22-14-7-5-6-13(10-14)17-23-18(26-24-17)15-8-3-4-9-16(15)20/h3-10,12H,11H2,1-2H3,(H2,21,22,25). The van der Waals surface area contributed by atoms with Crippen LogP contribution in [0.15, 0.2) is 57.5 Å². The van der Waals surface area contributed by atoms with E-state index in [0.29, 0.717) is 29.9 Å². The van der Waals surface area contributed by atoms with E-state index >= 15 is 0 Å². The number of benzene rings is 2. The second-order valence-electron chi connectivity index (χ2n) is 6.21. The van der Waals surface area contributed by atoms with E-state index in [1.165, 1.54) is 0 Å². The van der Waals surface area contributed by atoms with Crippen molar-refractivity contribution in [2.45, 2.75) is 13.8 Å². The fraction of sp³-hybridized carbons (Fsp3) is 0.211. The molecule has 26 heavy (non-hydrogen) atoms. The van der Waals surface area contributed by atoms with Gasteiger partial charge in [-0.15, -0.1) is 0 Å². The first kappa shape index (κ1) is 18.1. The average Bonchev–Trinajstić information content (AvgIpc) is 3.10. The van der Waals surface area contributed by atoms with Crippen LogP contribution in [0, 0.1) is 5.92 Å². The van der Waals surface area contributed by atoms with Gasteiger partial charge in [-0.1, -0.05) is 43.3 Å². The quantitative estimate of drug-likeness (QED) is 0.619. The number of carbonyl (C=O) groups excluding carboxylic acids is 1. The predicted octanol–water partition coefficient (Wildman–Crippen LogP) is 4.94. The van der Waals surface area contributed by atoms with Crippen LogP contribution in [-0.2, 0) is 0 Å². The van der Waals surface area contributed by atoms with Gasteiger partial charge < -0.3 is 15.2 Å². The average molecular weight is 415 g/mol. The summed E-state index contributed by atoms with van der Waals surface area (Å²) in [5.74, 6) is 1.28. The van der Waals surface area contributed by atoms with Crippen LogP contribution in [0.3, 0.4) is 0 Å². The van der Waals surface area contributed by atoms with Gasteiger partial charge in [-0.25, -0.2) is 4.79 Å². The second kappa shape index (κ2) is 8.14. The van der Waals surface area contributed by atoms with Crippen molar-refractivity contribution < 1.29 is 9.32 Å². The Balaban J connectivity index is 1.77. The molecule has 3 rings (SSSR count). The maximum absolute atomic E-state index is 11.9. The lowest BCUT2D eigenvalue weighted by Gasteiger charge is -2.09. The highest BCUT2D eigenvalue weighted by Gasteiger charge is 2.13. The molecule has 0 saturated heterocycles. The number of urea groups is 1. The van der Waals surface area contributed by atoms with Gasteiger partial charge in [-0.3, -0.25) is 0 Å². The van der Waals surface area contributed by atoms with Crippen LogP contribution in [0.2, 0.25) is 0 Å². The number of nitrogens with zero attached hydrogens (tertiary/aromatic N) is 2. The molecule has 0 bridgehead atoms. The molecule has 0 fully saturated rings. The van der Waals surface area contributed by atoms with Gasteiger partial charge in [0.05, 0.1) is 5.56 Å². The van der Waals surface area contributed by atoms with Gasteiger partial charge in [0.2, 0.25) is 5.82 Å². The SMILES string of the molecule is CC(C)CNC(=O)Nc1cccc(-c2noc(-c3ccccc3Br)n2)c1. The summed E-state index contributed by atoms with van der Waals surface area (Å²) in [6.07, 6.45) is 0. The lowest BCUT2D eigenvalue weighted by atomic mass is 10.2. The molecule has 134 valence electrons. The smallest absolute Gasteiger partial charge is 0.319 e. The van der Waals surface area contributed by atoms with E-state index in [9.17, 15) is 4.79 Å². The van der Waals surface area contributed by atoms with Gasteiger partial charge in [-0.05, 0) is 46.1 Å². The third-order valence-corrected chi connectivity index (χ3v) is 4.27. The monoisotopic (exact) mass is 414 g/mol. The normalized spacial score (nSPS) is 10.8. The highest BCUT2D eigenvalue weighted by Crippen LogP contribution is 2.28. The molecule has 0 aliphatic carbocycles. The van der Waals surface area contributed by atoms with E-state index in [2.05, 4.69) is 36.7 Å². The fourth-order valence-electron chi connectivity index (χ4n) is 2.29. The zero-order chi connectivity index (χ0) is 18.5. The summed E-state index contributed by atoms with van der Waals surface area (Å²) in [6.45, 7) is 4.70. The number of amides is 2. The Morgan fingerprint density at radius 2 is 2.00 bits per heavy atom. The minimum atomic E-state index is -0.238. The maximum atomic E-state index is 11.9. The van der Waals surface area contributed by atoms with Gasteiger partial charge in [0, 0.05) is 22.3 Å². The molecule has 0 spiro atoms. The van der Waals surface area contributed by atoms with Crippen LogP contribution in [0.1, 0.15) is 13.8 Å². The van der Waals surface area contributed by atoms with Crippen molar-refractivity contribution in [3.8, 4) is 22.8 Å². The molecule has 7 heteroatoms. The van der Waals surface area contributed by atoms with Gasteiger partial charge in [0.25, 0.3) is 5.89 Å². The summed E-state index contributed by atoms with van der Waals surface area (Å²) in [5, 5.41) is 9.68. The Hall–Kier alpha value is -2.67. The zero-order valence-corrected chi connectivity index (χ0v) is 16.1. The molecule has 6 nitrogen and oxygen atoms in total. The Bertz CT molecular complexity index is 908. The van der Waals surface area contributed by atoms with Gasteiger partial charge in [0.1, 0.15) is 0 Å². The molecule has 0 unspecified atom stereocenters. The third-order valence-electron chi connectivity index (χ3n) is 3.58. The predicted molar refractivity (Wildman–Crippen MR) is 105 cm³/mol. The van der Waals surface area contributed by atoms with Crippen LogP contribution < -0.4 is 10.6 Å². The van der Waals surface area contributed by atoms with Crippen molar-refractivity contribution in [3.05, 3.63) is 53.0 Å². The number of rotatable bonds is 5. The first-order valence-corrected chi connectivity index (χ1v) is 9.06. The molecule has 0 radical (unpaired) electrons. The second-order valence-corrected chi connectivity index (χ2v) is 7.07. The Morgan fingerprint density at radius 3 is 2.77 bits per heavy atom. The fourth-order valence-corrected chi connectivity index (χ4v) is 2.75. The summed E-state index contributed by atoms with van der Waals surface area (Å²) >= 11 is 3.48. The summed E-state index contributed by atoms with van der Waals surface area (Å²) in [7, 11) is 0. The Kier molecular flexibility index (Phi) is 5.68. The Morgan fingerprint density at radius 1 is 1.19 bits per heavy atom. The van der Waals surface area contributed by atoms with Crippen LogP contribution in [0.5, 0.6) is 0 Å². The maximum Gasteiger partial charge on any atom is 0.319 e. The van der Waals surface area contributed by atoms with Crippen molar-refractivity contribution in [2.75, 3.05) is 11.9 Å². The van der Waals surface area contributed by atoms with Crippen LogP contribution in [0.4, 0.5) is 10.5 Å². The zero-order valence-electron chi connectivity index (χ0n) is 14.5. The van der Waals surface area contributed by atoms with Crippen molar-refractivity contribution in [3.63, 3.8) is 0 Å². The molecule has 0 atom stereocenters. The molecule has 0 aliphatic rings. The topological polar surface area (TPSA) is 80.0 Å². The van der Waals surface area contributed by atoms with Gasteiger partial charge >= 0.3 is 6.03 Å². The summed E-state index contributed by atoms with van der Waals surface area (Å²) < 4.78 is 6.26. The van der Waals surface area contributed by atoms with E-state index in [-0.39, 0.29) is 6.03 Å². The van der Waals surface area contributed by atoms with Crippen LogP contribution in [-0.4, -0.2) is 22.7 Å². The highest BCUT2D eigenvalue weighted by atomic mass is 79.9. The summed E-state index contributed by atoms with van der Waals surface area (Å²) in [6, 6.07) is 14.7. The number of hydrogen-bond donors (Lipinski definition) is 2. The van der Waals surface area contributed by atoms with E-state index in [0.717, 1.165) is 15.6 Å². The summed E-state index contributed by atoms with van der Waals surface area (Å²) in [5.41, 5.74) is 2.25. The van der Waals surface area contributed by atoms with Crippen molar-refractivity contribution in [1.29, 1.82) is 0 Å². The first-order chi connectivity index (χ1) is 12.5. The number of hydrogen-bond acceptors (Lipinski definition) is 4. The number of aromatic nitrogens is 2. The lowest BCUT2D eigenvalue weighted by molar-refractivity contribution is 0.251. The highest BCUT2D eigenvalue weighted by molar-refractivity contribution is 9.10. The molecular weight excluding hydrogens is 396 g/mol. The molecule has 0 aliphatic heterocycles. The van der Waals surface area contributed by atoms with E-state index in [4.69, 9.17) is 4.52 Å². The van der Waals surface area contributed by atoms with E-state index < -0.39 is 0 Å². The van der Waals surface area contributed by atoms with Gasteiger partial charge in [0.15, 0.2) is 0 Å². The molecule has 1 heterocycles. The van der Waals surface area contributed by atoms with E-state index in [1.54, 1.807) is 0 Å². The molecule has 1 aromatic heterocycles. The van der Waals surface area contributed by atoms with Crippen molar-refractivity contribution >= 4 is 27.6 Å².